The summed E-state index contributed by atoms with van der Waals surface area (Å²) in [6.45, 7) is 2.94. The molecule has 0 atom stereocenters. The standard InChI is InChI=1S/C15H26N2O/c1-3-4-9-12-17(2)14(18)15(13-16)10-7-5-6-8-11-15/h3-12H2,1-2H3. The molecule has 0 unspecified atom stereocenters. The van der Waals surface area contributed by atoms with Crippen LogP contribution in [0.1, 0.15) is 64.7 Å². The lowest BCUT2D eigenvalue weighted by molar-refractivity contribution is -0.138. The van der Waals surface area contributed by atoms with Crippen molar-refractivity contribution in [1.82, 2.24) is 4.90 Å². The molecule has 1 aliphatic carbocycles. The minimum atomic E-state index is -0.725. The molecule has 1 rings (SSSR count). The van der Waals surface area contributed by atoms with E-state index in [1.54, 1.807) is 4.90 Å². The van der Waals surface area contributed by atoms with E-state index < -0.39 is 5.41 Å². The van der Waals surface area contributed by atoms with E-state index >= 15 is 0 Å². The molecule has 0 aliphatic heterocycles. The van der Waals surface area contributed by atoms with Crippen LogP contribution in [0.3, 0.4) is 0 Å². The topological polar surface area (TPSA) is 44.1 Å². The molecular weight excluding hydrogens is 224 g/mol. The molecule has 0 heterocycles. The summed E-state index contributed by atoms with van der Waals surface area (Å²) >= 11 is 0. The second kappa shape index (κ2) is 7.41. The highest BCUT2D eigenvalue weighted by Gasteiger charge is 2.40. The molecule has 3 nitrogen and oxygen atoms in total. The summed E-state index contributed by atoms with van der Waals surface area (Å²) in [6, 6.07) is 2.34. The van der Waals surface area contributed by atoms with Gasteiger partial charge in [0.25, 0.3) is 0 Å². The Morgan fingerprint density at radius 2 is 1.83 bits per heavy atom. The van der Waals surface area contributed by atoms with Crippen molar-refractivity contribution in [2.75, 3.05) is 13.6 Å². The molecule has 0 aromatic carbocycles. The molecule has 0 radical (unpaired) electrons. The van der Waals surface area contributed by atoms with Crippen LogP contribution in [-0.4, -0.2) is 24.4 Å². The zero-order chi connectivity index (χ0) is 13.4. The first-order valence-electron chi connectivity index (χ1n) is 7.33. The molecule has 1 aliphatic rings. The van der Waals surface area contributed by atoms with Crippen molar-refractivity contribution >= 4 is 5.91 Å². The summed E-state index contributed by atoms with van der Waals surface area (Å²) in [5, 5.41) is 9.46. The predicted molar refractivity (Wildman–Crippen MR) is 72.9 cm³/mol. The second-order valence-electron chi connectivity index (χ2n) is 5.54. The van der Waals surface area contributed by atoms with Crippen LogP contribution in [0.15, 0.2) is 0 Å². The molecule has 1 fully saturated rings. The Hall–Kier alpha value is -1.04. The molecule has 0 aromatic heterocycles. The minimum Gasteiger partial charge on any atom is -0.344 e. The predicted octanol–water partition coefficient (Wildman–Crippen LogP) is 3.50. The molecule has 18 heavy (non-hydrogen) atoms. The Morgan fingerprint density at radius 1 is 1.22 bits per heavy atom. The second-order valence-corrected chi connectivity index (χ2v) is 5.54. The van der Waals surface area contributed by atoms with Crippen molar-refractivity contribution < 1.29 is 4.79 Å². The number of nitrogens with zero attached hydrogens (tertiary/aromatic N) is 2. The zero-order valence-electron chi connectivity index (χ0n) is 11.9. The van der Waals surface area contributed by atoms with E-state index in [4.69, 9.17) is 0 Å². The maximum atomic E-state index is 12.5. The monoisotopic (exact) mass is 250 g/mol. The van der Waals surface area contributed by atoms with Crippen molar-refractivity contribution in [3.8, 4) is 6.07 Å². The lowest BCUT2D eigenvalue weighted by Gasteiger charge is -2.29. The summed E-state index contributed by atoms with van der Waals surface area (Å²) in [5.74, 6) is 0.0583. The molecule has 102 valence electrons. The third-order valence-corrected chi connectivity index (χ3v) is 4.02. The van der Waals surface area contributed by atoms with E-state index in [0.29, 0.717) is 0 Å². The van der Waals surface area contributed by atoms with Gasteiger partial charge in [-0.2, -0.15) is 5.26 Å². The first-order valence-corrected chi connectivity index (χ1v) is 7.33. The van der Waals surface area contributed by atoms with E-state index in [1.165, 1.54) is 0 Å². The molecular formula is C15H26N2O. The normalized spacial score (nSPS) is 18.7. The number of rotatable bonds is 5. The van der Waals surface area contributed by atoms with Crippen molar-refractivity contribution in [2.45, 2.75) is 64.7 Å². The fraction of sp³-hybridized carbons (Fsp3) is 0.867. The highest BCUT2D eigenvalue weighted by atomic mass is 16.2. The van der Waals surface area contributed by atoms with Gasteiger partial charge in [0.2, 0.25) is 5.91 Å². The Labute approximate surface area is 111 Å². The van der Waals surface area contributed by atoms with Crippen LogP contribution in [0.5, 0.6) is 0 Å². The molecule has 0 saturated heterocycles. The first-order chi connectivity index (χ1) is 8.66. The minimum absolute atomic E-state index is 0.0583. The lowest BCUT2D eigenvalue weighted by atomic mass is 9.80. The van der Waals surface area contributed by atoms with E-state index in [0.717, 1.165) is 64.3 Å². The molecule has 0 aromatic rings. The van der Waals surface area contributed by atoms with Gasteiger partial charge in [0.15, 0.2) is 0 Å². The molecule has 1 amide bonds. The Kier molecular flexibility index (Phi) is 6.18. The summed E-state index contributed by atoms with van der Waals surface area (Å²) in [4.78, 5) is 14.3. The van der Waals surface area contributed by atoms with E-state index in [1.807, 2.05) is 7.05 Å². The summed E-state index contributed by atoms with van der Waals surface area (Å²) in [6.07, 6.45) is 9.21. The molecule has 1 saturated carbocycles. The Balaban J connectivity index is 2.62. The molecule has 3 heteroatoms. The number of carbonyl (C=O) groups is 1. The number of nitriles is 1. The van der Waals surface area contributed by atoms with E-state index in [9.17, 15) is 10.1 Å². The number of unbranched alkanes of at least 4 members (excludes halogenated alkanes) is 2. The largest absolute Gasteiger partial charge is 0.344 e. The van der Waals surface area contributed by atoms with Crippen molar-refractivity contribution in [3.63, 3.8) is 0 Å². The molecule has 0 bridgehead atoms. The maximum Gasteiger partial charge on any atom is 0.242 e. The van der Waals surface area contributed by atoms with Gasteiger partial charge in [0.1, 0.15) is 5.41 Å². The third-order valence-electron chi connectivity index (χ3n) is 4.02. The van der Waals surface area contributed by atoms with Gasteiger partial charge in [0, 0.05) is 13.6 Å². The van der Waals surface area contributed by atoms with Crippen LogP contribution in [-0.2, 0) is 4.79 Å². The van der Waals surface area contributed by atoms with Gasteiger partial charge in [-0.25, -0.2) is 0 Å². The Bertz CT molecular complexity index is 298. The van der Waals surface area contributed by atoms with Crippen molar-refractivity contribution in [1.29, 1.82) is 5.26 Å². The summed E-state index contributed by atoms with van der Waals surface area (Å²) < 4.78 is 0. The fourth-order valence-electron chi connectivity index (χ4n) is 2.77. The highest BCUT2D eigenvalue weighted by molar-refractivity contribution is 5.85. The van der Waals surface area contributed by atoms with Crippen LogP contribution in [0, 0.1) is 16.7 Å². The number of carbonyl (C=O) groups excluding carboxylic acids is 1. The quantitative estimate of drug-likeness (QED) is 0.553. The van der Waals surface area contributed by atoms with Crippen LogP contribution in [0.2, 0.25) is 0 Å². The van der Waals surface area contributed by atoms with Gasteiger partial charge >= 0.3 is 0 Å². The Morgan fingerprint density at radius 3 is 2.33 bits per heavy atom. The molecule has 0 spiro atoms. The smallest absolute Gasteiger partial charge is 0.242 e. The van der Waals surface area contributed by atoms with Crippen molar-refractivity contribution in [2.24, 2.45) is 5.41 Å². The first kappa shape index (κ1) is 15.0. The lowest BCUT2D eigenvalue weighted by Crippen LogP contribution is -2.41. The average Bonchev–Trinajstić information content (AvgIpc) is 2.64. The van der Waals surface area contributed by atoms with Gasteiger partial charge in [0.05, 0.1) is 6.07 Å². The van der Waals surface area contributed by atoms with Crippen LogP contribution < -0.4 is 0 Å². The van der Waals surface area contributed by atoms with Gasteiger partial charge in [-0.1, -0.05) is 45.4 Å². The molecule has 0 N–H and O–H groups in total. The van der Waals surface area contributed by atoms with Crippen LogP contribution >= 0.6 is 0 Å². The summed E-state index contributed by atoms with van der Waals surface area (Å²) in [7, 11) is 1.85. The van der Waals surface area contributed by atoms with Gasteiger partial charge in [-0.05, 0) is 19.3 Å². The van der Waals surface area contributed by atoms with Crippen molar-refractivity contribution in [3.05, 3.63) is 0 Å². The van der Waals surface area contributed by atoms with Crippen LogP contribution in [0.4, 0.5) is 0 Å². The van der Waals surface area contributed by atoms with E-state index in [-0.39, 0.29) is 5.91 Å². The van der Waals surface area contributed by atoms with Crippen LogP contribution in [0.25, 0.3) is 0 Å². The summed E-state index contributed by atoms with van der Waals surface area (Å²) in [5.41, 5.74) is -0.725. The van der Waals surface area contributed by atoms with Gasteiger partial charge in [-0.15, -0.1) is 0 Å². The van der Waals surface area contributed by atoms with Gasteiger partial charge < -0.3 is 4.90 Å². The van der Waals surface area contributed by atoms with Gasteiger partial charge in [-0.3, -0.25) is 4.79 Å². The average molecular weight is 250 g/mol. The maximum absolute atomic E-state index is 12.5. The third kappa shape index (κ3) is 3.73. The SMILES string of the molecule is CCCCCN(C)C(=O)C1(C#N)CCCCCC1. The zero-order valence-corrected chi connectivity index (χ0v) is 11.9. The van der Waals surface area contributed by atoms with E-state index in [2.05, 4.69) is 13.0 Å². The highest BCUT2D eigenvalue weighted by Crippen LogP contribution is 2.36. The number of amides is 1. The number of hydrogen-bond acceptors (Lipinski definition) is 2. The fourth-order valence-corrected chi connectivity index (χ4v) is 2.77. The number of hydrogen-bond donors (Lipinski definition) is 0.